The number of aryl methyl sites for hydroxylation is 1. The van der Waals surface area contributed by atoms with E-state index in [9.17, 15) is 4.79 Å². The average molecular weight is 439 g/mol. The molecule has 0 aliphatic carbocycles. The molecule has 0 fully saturated rings. The molecule has 1 aromatic heterocycles. The summed E-state index contributed by atoms with van der Waals surface area (Å²) < 4.78 is 10.8. The van der Waals surface area contributed by atoms with Gasteiger partial charge in [-0.3, -0.25) is 10.1 Å². The van der Waals surface area contributed by atoms with Crippen LogP contribution in [0.5, 0.6) is 11.5 Å². The summed E-state index contributed by atoms with van der Waals surface area (Å²) in [4.78, 5) is 18.1. The van der Waals surface area contributed by atoms with Gasteiger partial charge in [0.1, 0.15) is 11.5 Å². The second kappa shape index (κ2) is 8.73. The Labute approximate surface area is 183 Å². The number of nitrogens with one attached hydrogen (secondary N) is 1. The maximum Gasteiger partial charge on any atom is 0.257 e. The van der Waals surface area contributed by atoms with Crippen LogP contribution in [0.1, 0.15) is 21.6 Å². The zero-order valence-electron chi connectivity index (χ0n) is 16.4. The second-order valence-electron chi connectivity index (χ2n) is 6.77. The summed E-state index contributed by atoms with van der Waals surface area (Å²) in [5, 5.41) is 4.15. The average Bonchev–Trinajstić information content (AvgIpc) is 3.05. The van der Waals surface area contributed by atoms with Crippen molar-refractivity contribution in [3.05, 3.63) is 87.1 Å². The Hall–Kier alpha value is -3.09. The molecular weight excluding hydrogens is 420 g/mol. The number of carbonyl (C=O) groups excluding carboxylic acids is 1. The maximum absolute atomic E-state index is 12.8. The number of aromatic nitrogens is 1. The van der Waals surface area contributed by atoms with Crippen molar-refractivity contribution in [2.75, 3.05) is 12.4 Å². The van der Waals surface area contributed by atoms with E-state index in [1.807, 2.05) is 37.3 Å². The molecule has 0 bridgehead atoms. The van der Waals surface area contributed by atoms with Crippen LogP contribution < -0.4 is 14.8 Å². The van der Waals surface area contributed by atoms with Crippen LogP contribution in [0.3, 0.4) is 0 Å². The first-order chi connectivity index (χ1) is 14.5. The molecule has 1 N–H and O–H groups in total. The molecule has 0 atom stereocenters. The first-order valence-electron chi connectivity index (χ1n) is 9.26. The first kappa shape index (κ1) is 20.2. The SMILES string of the molecule is COc1ccc2c(c1)C=C(C(=O)Nc1ncc(Cc3ccc(C)c(Cl)c3)s1)C=CO2. The number of methoxy groups -OCH3 is 1. The van der Waals surface area contributed by atoms with Gasteiger partial charge in [0.2, 0.25) is 0 Å². The third-order valence-corrected chi connectivity index (χ3v) is 5.94. The lowest BCUT2D eigenvalue weighted by atomic mass is 10.1. The molecule has 1 aliphatic heterocycles. The molecule has 1 aliphatic rings. The first-order valence-corrected chi connectivity index (χ1v) is 10.5. The molecule has 0 unspecified atom stereocenters. The molecule has 0 saturated carbocycles. The topological polar surface area (TPSA) is 60.5 Å². The van der Waals surface area contributed by atoms with Gasteiger partial charge in [-0.15, -0.1) is 11.3 Å². The Kier molecular flexibility index (Phi) is 5.88. The molecule has 30 heavy (non-hydrogen) atoms. The zero-order valence-corrected chi connectivity index (χ0v) is 18.0. The molecule has 7 heteroatoms. The van der Waals surface area contributed by atoms with Crippen LogP contribution in [0.15, 0.2) is 60.5 Å². The lowest BCUT2D eigenvalue weighted by Gasteiger charge is -2.06. The zero-order chi connectivity index (χ0) is 21.1. The number of amides is 1. The molecule has 152 valence electrons. The minimum absolute atomic E-state index is 0.259. The predicted octanol–water partition coefficient (Wildman–Crippen LogP) is 5.63. The van der Waals surface area contributed by atoms with E-state index in [1.165, 1.54) is 17.6 Å². The van der Waals surface area contributed by atoms with Gasteiger partial charge < -0.3 is 9.47 Å². The van der Waals surface area contributed by atoms with Gasteiger partial charge in [-0.05, 0) is 54.5 Å². The highest BCUT2D eigenvalue weighted by Gasteiger charge is 2.15. The number of hydrogen-bond donors (Lipinski definition) is 1. The van der Waals surface area contributed by atoms with Gasteiger partial charge in [-0.2, -0.15) is 0 Å². The molecule has 1 amide bonds. The number of thiazole rings is 1. The van der Waals surface area contributed by atoms with Crippen molar-refractivity contribution in [2.45, 2.75) is 13.3 Å². The predicted molar refractivity (Wildman–Crippen MR) is 120 cm³/mol. The van der Waals surface area contributed by atoms with Crippen LogP contribution in [0, 0.1) is 6.92 Å². The van der Waals surface area contributed by atoms with Crippen molar-refractivity contribution in [1.29, 1.82) is 0 Å². The fourth-order valence-corrected chi connectivity index (χ4v) is 4.02. The quantitative estimate of drug-likeness (QED) is 0.560. The summed E-state index contributed by atoms with van der Waals surface area (Å²) in [6.07, 6.45) is 7.37. The van der Waals surface area contributed by atoms with Crippen molar-refractivity contribution in [2.24, 2.45) is 0 Å². The van der Waals surface area contributed by atoms with Gasteiger partial charge in [0.25, 0.3) is 5.91 Å². The highest BCUT2D eigenvalue weighted by molar-refractivity contribution is 7.15. The lowest BCUT2D eigenvalue weighted by molar-refractivity contribution is -0.112. The van der Waals surface area contributed by atoms with Gasteiger partial charge >= 0.3 is 0 Å². The number of anilines is 1. The van der Waals surface area contributed by atoms with E-state index in [0.717, 1.165) is 26.6 Å². The summed E-state index contributed by atoms with van der Waals surface area (Å²) in [7, 11) is 1.60. The molecule has 3 aromatic rings. The van der Waals surface area contributed by atoms with Crippen LogP contribution in [0.25, 0.3) is 6.08 Å². The fourth-order valence-electron chi connectivity index (χ4n) is 2.97. The summed E-state index contributed by atoms with van der Waals surface area (Å²) in [6, 6.07) is 11.4. The largest absolute Gasteiger partial charge is 0.497 e. The van der Waals surface area contributed by atoms with E-state index in [0.29, 0.717) is 28.6 Å². The van der Waals surface area contributed by atoms with Crippen LogP contribution in [-0.2, 0) is 11.2 Å². The Morgan fingerprint density at radius 1 is 1.27 bits per heavy atom. The van der Waals surface area contributed by atoms with Crippen molar-refractivity contribution in [3.8, 4) is 11.5 Å². The Morgan fingerprint density at radius 2 is 2.13 bits per heavy atom. The second-order valence-corrected chi connectivity index (χ2v) is 8.29. The van der Waals surface area contributed by atoms with Crippen LogP contribution in [-0.4, -0.2) is 18.0 Å². The summed E-state index contributed by atoms with van der Waals surface area (Å²) in [5.41, 5.74) is 3.37. The van der Waals surface area contributed by atoms with Gasteiger partial charge in [-0.25, -0.2) is 4.98 Å². The number of nitrogens with zero attached hydrogens (tertiary/aromatic N) is 1. The highest BCUT2D eigenvalue weighted by atomic mass is 35.5. The normalized spacial score (nSPS) is 12.4. The molecule has 0 saturated heterocycles. The summed E-state index contributed by atoms with van der Waals surface area (Å²) >= 11 is 7.65. The van der Waals surface area contributed by atoms with E-state index >= 15 is 0 Å². The lowest BCUT2D eigenvalue weighted by Crippen LogP contribution is -2.12. The monoisotopic (exact) mass is 438 g/mol. The highest BCUT2D eigenvalue weighted by Crippen LogP contribution is 2.29. The summed E-state index contributed by atoms with van der Waals surface area (Å²) in [6.45, 7) is 1.97. The van der Waals surface area contributed by atoms with Gasteiger partial charge in [0.05, 0.1) is 13.4 Å². The van der Waals surface area contributed by atoms with E-state index < -0.39 is 0 Å². The van der Waals surface area contributed by atoms with Crippen molar-refractivity contribution < 1.29 is 14.3 Å². The number of rotatable bonds is 5. The third kappa shape index (κ3) is 4.56. The molecular formula is C23H19ClN2O3S. The Morgan fingerprint density at radius 3 is 2.93 bits per heavy atom. The Balaban J connectivity index is 1.48. The standard InChI is InChI=1S/C23H19ClN2O3S/c1-14-3-4-15(10-20(14)24)9-19-13-25-23(30-19)26-22(27)16-7-8-29-21-6-5-18(28-2)12-17(21)11-16/h3-8,10-13H,9H2,1-2H3,(H,25,26,27). The number of fused-ring (bicyclic) bond motifs is 1. The maximum atomic E-state index is 12.8. The Bertz CT molecular complexity index is 1170. The number of hydrogen-bond acceptors (Lipinski definition) is 5. The molecule has 0 radical (unpaired) electrons. The third-order valence-electron chi connectivity index (χ3n) is 4.62. The molecule has 0 spiro atoms. The number of ether oxygens (including phenoxy) is 2. The van der Waals surface area contributed by atoms with Crippen molar-refractivity contribution in [1.82, 2.24) is 4.98 Å². The number of halogens is 1. The van der Waals surface area contributed by atoms with Gasteiger partial charge in [-0.1, -0.05) is 23.7 Å². The van der Waals surface area contributed by atoms with E-state index in [4.69, 9.17) is 21.1 Å². The van der Waals surface area contributed by atoms with Gasteiger partial charge in [0.15, 0.2) is 5.13 Å². The van der Waals surface area contributed by atoms with Crippen LogP contribution in [0.4, 0.5) is 5.13 Å². The van der Waals surface area contributed by atoms with E-state index in [1.54, 1.807) is 31.5 Å². The minimum Gasteiger partial charge on any atom is -0.497 e. The summed E-state index contributed by atoms with van der Waals surface area (Å²) in [5.74, 6) is 1.09. The van der Waals surface area contributed by atoms with E-state index in [-0.39, 0.29) is 5.91 Å². The molecule has 2 aromatic carbocycles. The molecule has 2 heterocycles. The minimum atomic E-state index is -0.259. The van der Waals surface area contributed by atoms with Crippen molar-refractivity contribution >= 4 is 40.1 Å². The van der Waals surface area contributed by atoms with Gasteiger partial charge in [0, 0.05) is 33.7 Å². The number of carbonyl (C=O) groups is 1. The number of benzene rings is 2. The molecule has 4 rings (SSSR count). The van der Waals surface area contributed by atoms with Crippen LogP contribution >= 0.6 is 22.9 Å². The van der Waals surface area contributed by atoms with Crippen LogP contribution in [0.2, 0.25) is 5.02 Å². The smallest absolute Gasteiger partial charge is 0.257 e. The molecule has 5 nitrogen and oxygen atoms in total. The van der Waals surface area contributed by atoms with E-state index in [2.05, 4.69) is 10.3 Å². The van der Waals surface area contributed by atoms with Crippen molar-refractivity contribution in [3.63, 3.8) is 0 Å². The fraction of sp³-hybridized carbons (Fsp3) is 0.130.